The number of hydrogen-bond acceptors (Lipinski definition) is 2. The molecule has 0 saturated carbocycles. The van der Waals surface area contributed by atoms with Crippen molar-refractivity contribution in [1.29, 1.82) is 0 Å². The van der Waals surface area contributed by atoms with E-state index in [1.54, 1.807) is 0 Å². The fraction of sp³-hybridized carbons (Fsp3) is 0.571. The van der Waals surface area contributed by atoms with Gasteiger partial charge in [-0.3, -0.25) is 0 Å². The molecule has 0 radical (unpaired) electrons. The molecule has 1 aromatic carbocycles. The van der Waals surface area contributed by atoms with Gasteiger partial charge >= 0.3 is 0 Å². The molecular formula is C14H22F2N2. The summed E-state index contributed by atoms with van der Waals surface area (Å²) < 4.78 is 24.5. The van der Waals surface area contributed by atoms with Crippen LogP contribution in [0.25, 0.3) is 0 Å². The molecule has 18 heavy (non-hydrogen) atoms. The van der Waals surface area contributed by atoms with Crippen molar-refractivity contribution in [3.05, 3.63) is 35.9 Å². The first-order valence-electron chi connectivity index (χ1n) is 6.33. The number of rotatable bonds is 8. The topological polar surface area (TPSA) is 15.3 Å². The van der Waals surface area contributed by atoms with Gasteiger partial charge in [-0.2, -0.15) is 0 Å². The van der Waals surface area contributed by atoms with Crippen LogP contribution in [0.15, 0.2) is 30.3 Å². The van der Waals surface area contributed by atoms with Gasteiger partial charge in [0.1, 0.15) is 0 Å². The molecule has 0 aliphatic rings. The van der Waals surface area contributed by atoms with Gasteiger partial charge in [-0.1, -0.05) is 30.3 Å². The van der Waals surface area contributed by atoms with Crippen LogP contribution < -0.4 is 5.32 Å². The second-order valence-corrected chi connectivity index (χ2v) is 4.65. The smallest absolute Gasteiger partial charge is 0.253 e. The fourth-order valence-corrected chi connectivity index (χ4v) is 1.74. The summed E-state index contributed by atoms with van der Waals surface area (Å²) in [6, 6.07) is 9.51. The van der Waals surface area contributed by atoms with E-state index in [0.717, 1.165) is 19.5 Å². The maximum atomic E-state index is 12.2. The minimum Gasteiger partial charge on any atom is -0.309 e. The van der Waals surface area contributed by atoms with Crippen LogP contribution in [-0.2, 0) is 6.54 Å². The van der Waals surface area contributed by atoms with Crippen molar-refractivity contribution >= 4 is 0 Å². The highest BCUT2D eigenvalue weighted by molar-refractivity contribution is 5.14. The Bertz CT molecular complexity index is 317. The van der Waals surface area contributed by atoms with Gasteiger partial charge in [-0.15, -0.1) is 0 Å². The molecule has 0 saturated heterocycles. The van der Waals surface area contributed by atoms with E-state index in [9.17, 15) is 8.78 Å². The lowest BCUT2D eigenvalue weighted by Crippen LogP contribution is -2.34. The largest absolute Gasteiger partial charge is 0.309 e. The summed E-state index contributed by atoms with van der Waals surface area (Å²) in [5.74, 6) is 0. The predicted molar refractivity (Wildman–Crippen MR) is 70.9 cm³/mol. The van der Waals surface area contributed by atoms with Gasteiger partial charge in [0.2, 0.25) is 0 Å². The first kappa shape index (κ1) is 15.1. The summed E-state index contributed by atoms with van der Waals surface area (Å²) in [4.78, 5) is 2.20. The molecule has 2 nitrogen and oxygen atoms in total. The molecule has 0 heterocycles. The molecule has 0 fully saturated rings. The molecule has 0 aliphatic heterocycles. The summed E-state index contributed by atoms with van der Waals surface area (Å²) in [7, 11) is 2.05. The second-order valence-electron chi connectivity index (χ2n) is 4.65. The van der Waals surface area contributed by atoms with Gasteiger partial charge in [0.15, 0.2) is 0 Å². The normalized spacial score (nSPS) is 13.2. The summed E-state index contributed by atoms with van der Waals surface area (Å²) in [5.41, 5.74) is 1.27. The van der Waals surface area contributed by atoms with Gasteiger partial charge in [-0.05, 0) is 39.0 Å². The van der Waals surface area contributed by atoms with Crippen LogP contribution >= 0.6 is 0 Å². The zero-order valence-electron chi connectivity index (χ0n) is 11.1. The molecule has 0 aliphatic carbocycles. The first-order valence-corrected chi connectivity index (χ1v) is 6.33. The van der Waals surface area contributed by atoms with Crippen molar-refractivity contribution in [3.63, 3.8) is 0 Å². The molecular weight excluding hydrogens is 234 g/mol. The average Bonchev–Trinajstić information content (AvgIpc) is 2.35. The Morgan fingerprint density at radius 3 is 2.50 bits per heavy atom. The minimum absolute atomic E-state index is 0.630. The highest BCUT2D eigenvalue weighted by Gasteiger charge is 2.12. The van der Waals surface area contributed by atoms with Crippen LogP contribution in [0.4, 0.5) is 8.78 Å². The lowest BCUT2D eigenvalue weighted by atomic mass is 10.2. The average molecular weight is 256 g/mol. The predicted octanol–water partition coefficient (Wildman–Crippen LogP) is 2.75. The molecule has 0 aromatic heterocycles. The van der Waals surface area contributed by atoms with Gasteiger partial charge in [0.05, 0.1) is 6.04 Å². The van der Waals surface area contributed by atoms with Crippen LogP contribution in [0.2, 0.25) is 0 Å². The molecule has 1 aromatic rings. The maximum absolute atomic E-state index is 12.2. The zero-order chi connectivity index (χ0) is 13.4. The number of alkyl halides is 2. The molecule has 0 bridgehead atoms. The third-order valence-corrected chi connectivity index (χ3v) is 2.86. The van der Waals surface area contributed by atoms with E-state index >= 15 is 0 Å². The Labute approximate surface area is 108 Å². The lowest BCUT2D eigenvalue weighted by molar-refractivity contribution is 0.106. The van der Waals surface area contributed by atoms with Crippen LogP contribution in [0.3, 0.4) is 0 Å². The van der Waals surface area contributed by atoms with Crippen LogP contribution in [0.5, 0.6) is 0 Å². The molecule has 4 heteroatoms. The standard InChI is InChI=1S/C14H22F2N2/c1-12(14(15)16)17-9-6-10-18(2)11-13-7-4-3-5-8-13/h3-5,7-8,12,14,17H,6,9-11H2,1-2H3. The van der Waals surface area contributed by atoms with Gasteiger partial charge in [0, 0.05) is 6.54 Å². The van der Waals surface area contributed by atoms with Crippen molar-refractivity contribution in [2.75, 3.05) is 20.1 Å². The number of hydrogen-bond donors (Lipinski definition) is 1. The Morgan fingerprint density at radius 1 is 1.22 bits per heavy atom. The van der Waals surface area contributed by atoms with E-state index < -0.39 is 12.5 Å². The Kier molecular flexibility index (Phi) is 6.83. The summed E-state index contributed by atoms with van der Waals surface area (Å²) in [5, 5.41) is 2.82. The third kappa shape index (κ3) is 6.07. The SMILES string of the molecule is CC(NCCCN(C)Cc1ccccc1)C(F)F. The zero-order valence-corrected chi connectivity index (χ0v) is 11.1. The summed E-state index contributed by atoms with van der Waals surface area (Å²) in [6.07, 6.45) is -1.41. The Hall–Kier alpha value is -1.00. The summed E-state index contributed by atoms with van der Waals surface area (Å²) in [6.45, 7) is 3.94. The molecule has 102 valence electrons. The van der Waals surface area contributed by atoms with Crippen molar-refractivity contribution < 1.29 is 8.78 Å². The van der Waals surface area contributed by atoms with E-state index in [0.29, 0.717) is 6.54 Å². The lowest BCUT2D eigenvalue weighted by Gasteiger charge is -2.18. The maximum Gasteiger partial charge on any atom is 0.253 e. The van der Waals surface area contributed by atoms with E-state index in [2.05, 4.69) is 22.3 Å². The highest BCUT2D eigenvalue weighted by atomic mass is 19.3. The van der Waals surface area contributed by atoms with Crippen molar-refractivity contribution in [2.45, 2.75) is 32.4 Å². The highest BCUT2D eigenvalue weighted by Crippen LogP contribution is 2.03. The van der Waals surface area contributed by atoms with Gasteiger partial charge in [-0.25, -0.2) is 8.78 Å². The van der Waals surface area contributed by atoms with Crippen molar-refractivity contribution in [1.82, 2.24) is 10.2 Å². The van der Waals surface area contributed by atoms with E-state index in [1.807, 2.05) is 25.2 Å². The number of benzene rings is 1. The number of halogens is 2. The van der Waals surface area contributed by atoms with Crippen molar-refractivity contribution in [3.8, 4) is 0 Å². The molecule has 1 rings (SSSR count). The van der Waals surface area contributed by atoms with Crippen molar-refractivity contribution in [2.24, 2.45) is 0 Å². The molecule has 0 amide bonds. The first-order chi connectivity index (χ1) is 8.59. The fourth-order valence-electron chi connectivity index (χ4n) is 1.74. The number of nitrogens with one attached hydrogen (secondary N) is 1. The van der Waals surface area contributed by atoms with Crippen LogP contribution in [-0.4, -0.2) is 37.5 Å². The van der Waals surface area contributed by atoms with Gasteiger partial charge in [0.25, 0.3) is 6.43 Å². The molecule has 1 N–H and O–H groups in total. The molecule has 0 spiro atoms. The second kappa shape index (κ2) is 8.16. The van der Waals surface area contributed by atoms with E-state index in [1.165, 1.54) is 12.5 Å². The van der Waals surface area contributed by atoms with Gasteiger partial charge < -0.3 is 10.2 Å². The Morgan fingerprint density at radius 2 is 1.89 bits per heavy atom. The van der Waals surface area contributed by atoms with E-state index in [-0.39, 0.29) is 0 Å². The molecule has 1 atom stereocenters. The summed E-state index contributed by atoms with van der Waals surface area (Å²) >= 11 is 0. The van der Waals surface area contributed by atoms with E-state index in [4.69, 9.17) is 0 Å². The third-order valence-electron chi connectivity index (χ3n) is 2.86. The quantitative estimate of drug-likeness (QED) is 0.719. The van der Waals surface area contributed by atoms with Crippen LogP contribution in [0, 0.1) is 0 Å². The van der Waals surface area contributed by atoms with Crippen LogP contribution in [0.1, 0.15) is 18.9 Å². The monoisotopic (exact) mass is 256 g/mol. The number of nitrogens with zero attached hydrogens (tertiary/aromatic N) is 1. The minimum atomic E-state index is -2.29. The Balaban J connectivity index is 2.12. The molecule has 1 unspecified atom stereocenters.